The van der Waals surface area contributed by atoms with Gasteiger partial charge in [-0.2, -0.15) is 0 Å². The van der Waals surface area contributed by atoms with E-state index in [0.717, 1.165) is 25.2 Å². The van der Waals surface area contributed by atoms with E-state index in [4.69, 9.17) is 4.74 Å². The van der Waals surface area contributed by atoms with E-state index in [1.165, 1.54) is 18.4 Å². The number of nitrogens with zero attached hydrogens (tertiary/aromatic N) is 2. The minimum absolute atomic E-state index is 0.0961. The van der Waals surface area contributed by atoms with Crippen molar-refractivity contribution in [3.8, 4) is 0 Å². The fourth-order valence-corrected chi connectivity index (χ4v) is 3.06. The molecule has 4 heteroatoms. The highest BCUT2D eigenvalue weighted by Crippen LogP contribution is 2.27. The molecule has 0 unspecified atom stereocenters. The first-order valence-electron chi connectivity index (χ1n) is 8.01. The Labute approximate surface area is 131 Å². The number of hydrogen-bond donors (Lipinski definition) is 0. The number of imidazole rings is 1. The Morgan fingerprint density at radius 1 is 1.23 bits per heavy atom. The standard InChI is InChI=1S/C18H22N2O2/c21-18(12-15-6-4-5-7-15)22-14-17-19-10-11-20(17)13-16-8-2-1-3-9-16/h1-3,8-11,15H,4-7,12-14H2. The number of carbonyl (C=O) groups is 1. The molecule has 1 heterocycles. The number of hydrogen-bond acceptors (Lipinski definition) is 3. The summed E-state index contributed by atoms with van der Waals surface area (Å²) in [6.07, 6.45) is 9.06. The summed E-state index contributed by atoms with van der Waals surface area (Å²) in [5.41, 5.74) is 1.21. The van der Waals surface area contributed by atoms with Gasteiger partial charge in [-0.15, -0.1) is 0 Å². The predicted molar refractivity (Wildman–Crippen MR) is 84.1 cm³/mol. The Bertz CT molecular complexity index is 601. The lowest BCUT2D eigenvalue weighted by Crippen LogP contribution is -2.12. The van der Waals surface area contributed by atoms with Crippen LogP contribution < -0.4 is 0 Å². The van der Waals surface area contributed by atoms with Gasteiger partial charge in [0.05, 0.1) is 0 Å². The second-order valence-electron chi connectivity index (χ2n) is 5.97. The molecule has 3 rings (SSSR count). The smallest absolute Gasteiger partial charge is 0.306 e. The first-order chi connectivity index (χ1) is 10.8. The molecule has 0 atom stereocenters. The summed E-state index contributed by atoms with van der Waals surface area (Å²) in [6, 6.07) is 10.2. The summed E-state index contributed by atoms with van der Waals surface area (Å²) in [5.74, 6) is 1.22. The number of ether oxygens (including phenoxy) is 1. The third-order valence-corrected chi connectivity index (χ3v) is 4.29. The van der Waals surface area contributed by atoms with Crippen molar-refractivity contribution in [2.45, 2.75) is 45.3 Å². The highest BCUT2D eigenvalue weighted by atomic mass is 16.5. The van der Waals surface area contributed by atoms with Gasteiger partial charge in [0, 0.05) is 25.4 Å². The van der Waals surface area contributed by atoms with E-state index in [-0.39, 0.29) is 12.6 Å². The summed E-state index contributed by atoms with van der Waals surface area (Å²) in [5, 5.41) is 0. The molecule has 0 amide bonds. The van der Waals surface area contributed by atoms with Crippen LogP contribution in [0.2, 0.25) is 0 Å². The minimum atomic E-state index is -0.0961. The van der Waals surface area contributed by atoms with Crippen molar-refractivity contribution in [3.63, 3.8) is 0 Å². The molecular formula is C18H22N2O2. The predicted octanol–water partition coefficient (Wildman–Crippen LogP) is 3.55. The molecule has 4 nitrogen and oxygen atoms in total. The van der Waals surface area contributed by atoms with E-state index in [2.05, 4.69) is 17.1 Å². The lowest BCUT2D eigenvalue weighted by Gasteiger charge is -2.10. The Kier molecular flexibility index (Phi) is 4.88. The highest BCUT2D eigenvalue weighted by molar-refractivity contribution is 5.69. The molecule has 0 aliphatic heterocycles. The molecule has 22 heavy (non-hydrogen) atoms. The van der Waals surface area contributed by atoms with Crippen molar-refractivity contribution in [2.75, 3.05) is 0 Å². The van der Waals surface area contributed by atoms with Gasteiger partial charge in [-0.1, -0.05) is 43.2 Å². The topological polar surface area (TPSA) is 44.1 Å². The van der Waals surface area contributed by atoms with Gasteiger partial charge in [0.15, 0.2) is 0 Å². The van der Waals surface area contributed by atoms with Crippen LogP contribution in [-0.4, -0.2) is 15.5 Å². The van der Waals surface area contributed by atoms with Crippen LogP contribution in [0, 0.1) is 5.92 Å². The van der Waals surface area contributed by atoms with Crippen LogP contribution in [0.5, 0.6) is 0 Å². The maximum atomic E-state index is 11.9. The van der Waals surface area contributed by atoms with Crippen LogP contribution >= 0.6 is 0 Å². The Morgan fingerprint density at radius 2 is 2.00 bits per heavy atom. The summed E-state index contributed by atoms with van der Waals surface area (Å²) in [6.45, 7) is 1.00. The molecule has 1 aromatic carbocycles. The van der Waals surface area contributed by atoms with Crippen LogP contribution in [0.4, 0.5) is 0 Å². The largest absolute Gasteiger partial charge is 0.457 e. The Balaban J connectivity index is 1.52. The summed E-state index contributed by atoms with van der Waals surface area (Å²) >= 11 is 0. The molecule has 1 aromatic heterocycles. The zero-order valence-corrected chi connectivity index (χ0v) is 12.8. The Hall–Kier alpha value is -2.10. The third-order valence-electron chi connectivity index (χ3n) is 4.29. The van der Waals surface area contributed by atoms with Crippen molar-refractivity contribution >= 4 is 5.97 Å². The summed E-state index contributed by atoms with van der Waals surface area (Å²) < 4.78 is 7.43. The summed E-state index contributed by atoms with van der Waals surface area (Å²) in [7, 11) is 0. The summed E-state index contributed by atoms with van der Waals surface area (Å²) in [4.78, 5) is 16.2. The van der Waals surface area contributed by atoms with Gasteiger partial charge in [0.25, 0.3) is 0 Å². The van der Waals surface area contributed by atoms with Gasteiger partial charge in [-0.05, 0) is 24.3 Å². The lowest BCUT2D eigenvalue weighted by molar-refractivity contribution is -0.146. The molecule has 1 aliphatic carbocycles. The molecule has 0 N–H and O–H groups in total. The molecule has 116 valence electrons. The Morgan fingerprint density at radius 3 is 2.77 bits per heavy atom. The second kappa shape index (κ2) is 7.25. The molecule has 0 bridgehead atoms. The zero-order chi connectivity index (χ0) is 15.2. The average molecular weight is 298 g/mol. The van der Waals surface area contributed by atoms with Crippen molar-refractivity contribution in [3.05, 3.63) is 54.1 Å². The van der Waals surface area contributed by atoms with Crippen molar-refractivity contribution in [1.82, 2.24) is 9.55 Å². The monoisotopic (exact) mass is 298 g/mol. The van der Waals surface area contributed by atoms with Gasteiger partial charge >= 0.3 is 5.97 Å². The van der Waals surface area contributed by atoms with Crippen LogP contribution in [0.3, 0.4) is 0 Å². The van der Waals surface area contributed by atoms with E-state index in [1.807, 2.05) is 29.0 Å². The first-order valence-corrected chi connectivity index (χ1v) is 8.01. The molecule has 2 aromatic rings. The SMILES string of the molecule is O=C(CC1CCCC1)OCc1nccn1Cc1ccccc1. The van der Waals surface area contributed by atoms with E-state index < -0.39 is 0 Å². The molecular weight excluding hydrogens is 276 g/mol. The number of rotatable bonds is 6. The van der Waals surface area contributed by atoms with Crippen LogP contribution in [0.1, 0.15) is 43.5 Å². The van der Waals surface area contributed by atoms with Gasteiger partial charge in [0.1, 0.15) is 12.4 Å². The number of aromatic nitrogens is 2. The molecule has 0 radical (unpaired) electrons. The minimum Gasteiger partial charge on any atom is -0.457 e. The van der Waals surface area contributed by atoms with Crippen LogP contribution in [-0.2, 0) is 22.7 Å². The maximum absolute atomic E-state index is 11.9. The highest BCUT2D eigenvalue weighted by Gasteiger charge is 2.19. The van der Waals surface area contributed by atoms with Gasteiger partial charge in [0.2, 0.25) is 0 Å². The number of esters is 1. The van der Waals surface area contributed by atoms with E-state index in [0.29, 0.717) is 12.3 Å². The van der Waals surface area contributed by atoms with Gasteiger partial charge in [-0.3, -0.25) is 4.79 Å². The average Bonchev–Trinajstić information content (AvgIpc) is 3.18. The van der Waals surface area contributed by atoms with Crippen LogP contribution in [0.15, 0.2) is 42.7 Å². The van der Waals surface area contributed by atoms with Gasteiger partial charge in [-0.25, -0.2) is 4.98 Å². The van der Waals surface area contributed by atoms with Crippen LogP contribution in [0.25, 0.3) is 0 Å². The first kappa shape index (κ1) is 14.8. The molecule has 1 aliphatic rings. The lowest BCUT2D eigenvalue weighted by atomic mass is 10.1. The molecule has 0 spiro atoms. The number of carbonyl (C=O) groups excluding carboxylic acids is 1. The molecule has 1 fully saturated rings. The second-order valence-corrected chi connectivity index (χ2v) is 5.97. The maximum Gasteiger partial charge on any atom is 0.306 e. The van der Waals surface area contributed by atoms with Crippen molar-refractivity contribution in [2.24, 2.45) is 5.92 Å². The van der Waals surface area contributed by atoms with E-state index in [1.54, 1.807) is 6.20 Å². The fraction of sp³-hybridized carbons (Fsp3) is 0.444. The van der Waals surface area contributed by atoms with Crippen molar-refractivity contribution in [1.29, 1.82) is 0 Å². The van der Waals surface area contributed by atoms with E-state index >= 15 is 0 Å². The molecule has 1 saturated carbocycles. The van der Waals surface area contributed by atoms with Gasteiger partial charge < -0.3 is 9.30 Å². The third kappa shape index (κ3) is 3.97. The normalized spacial score (nSPS) is 15.1. The zero-order valence-electron chi connectivity index (χ0n) is 12.8. The quantitative estimate of drug-likeness (QED) is 0.766. The fourth-order valence-electron chi connectivity index (χ4n) is 3.06. The van der Waals surface area contributed by atoms with E-state index in [9.17, 15) is 4.79 Å². The van der Waals surface area contributed by atoms with Crippen molar-refractivity contribution < 1.29 is 9.53 Å². The number of benzene rings is 1. The molecule has 0 saturated heterocycles.